The van der Waals surface area contributed by atoms with Crippen LogP contribution in [0.1, 0.15) is 18.4 Å². The average molecular weight is 488 g/mol. The highest BCUT2D eigenvalue weighted by atomic mass is 35.5. The number of imidazole rings is 1. The molecule has 0 atom stereocenters. The number of thiocarbonyl (C=S) groups is 1. The van der Waals surface area contributed by atoms with Gasteiger partial charge in [0.1, 0.15) is 0 Å². The highest BCUT2D eigenvalue weighted by Gasteiger charge is 2.28. The number of nitrogens with one attached hydrogen (secondary N) is 1. The molecule has 0 spiro atoms. The number of hydrogen-bond acceptors (Lipinski definition) is 5. The second-order valence-corrected chi connectivity index (χ2v) is 9.46. The molecule has 0 unspecified atom stereocenters. The predicted octanol–water partition coefficient (Wildman–Crippen LogP) is 1.29. The zero-order valence-corrected chi connectivity index (χ0v) is 20.2. The number of nitrogens with zero attached hydrogens (tertiary/aromatic N) is 6. The number of hydrogen-bond donors (Lipinski definition) is 1. The zero-order chi connectivity index (χ0) is 23.3. The lowest BCUT2D eigenvalue weighted by atomic mass is 10.2. The quantitative estimate of drug-likeness (QED) is 0.555. The van der Waals surface area contributed by atoms with Crippen LogP contribution in [0.4, 0.5) is 5.95 Å². The molecule has 1 aromatic carbocycles. The number of rotatable bonds is 4. The molecule has 3 heterocycles. The molecular formula is C22H26ClN7O2S. The van der Waals surface area contributed by atoms with Crippen molar-refractivity contribution in [3.8, 4) is 0 Å². The first-order valence-electron chi connectivity index (χ1n) is 11.0. The van der Waals surface area contributed by atoms with Gasteiger partial charge in [0.05, 0.1) is 6.54 Å². The summed E-state index contributed by atoms with van der Waals surface area (Å²) in [7, 11) is 3.13. The number of anilines is 1. The fourth-order valence-electron chi connectivity index (χ4n) is 4.23. The highest BCUT2D eigenvalue weighted by molar-refractivity contribution is 7.80. The van der Waals surface area contributed by atoms with Crippen LogP contribution in [0.25, 0.3) is 11.2 Å². The number of aromatic nitrogens is 4. The third-order valence-electron chi connectivity index (χ3n) is 6.37. The van der Waals surface area contributed by atoms with Gasteiger partial charge < -0.3 is 15.1 Å². The molecule has 11 heteroatoms. The lowest BCUT2D eigenvalue weighted by Crippen LogP contribution is -2.52. The minimum Gasteiger partial charge on any atom is -0.360 e. The van der Waals surface area contributed by atoms with Crippen molar-refractivity contribution < 1.29 is 0 Å². The van der Waals surface area contributed by atoms with Crippen molar-refractivity contribution in [3.05, 3.63) is 55.7 Å². The van der Waals surface area contributed by atoms with Crippen LogP contribution in [0, 0.1) is 0 Å². The maximum Gasteiger partial charge on any atom is 0.332 e. The summed E-state index contributed by atoms with van der Waals surface area (Å²) in [4.78, 5) is 34.8. The first-order valence-corrected chi connectivity index (χ1v) is 11.8. The molecular weight excluding hydrogens is 462 g/mol. The summed E-state index contributed by atoms with van der Waals surface area (Å²) in [5.74, 6) is 0.656. The molecule has 3 aromatic rings. The Labute approximate surface area is 201 Å². The minimum absolute atomic E-state index is 0.368. The molecule has 2 fully saturated rings. The van der Waals surface area contributed by atoms with Crippen molar-refractivity contribution in [2.45, 2.75) is 25.4 Å². The normalized spacial score (nSPS) is 16.5. The third-order valence-corrected chi connectivity index (χ3v) is 7.11. The molecule has 1 saturated carbocycles. The van der Waals surface area contributed by atoms with Gasteiger partial charge >= 0.3 is 5.69 Å². The van der Waals surface area contributed by atoms with Crippen LogP contribution in [-0.4, -0.2) is 60.9 Å². The van der Waals surface area contributed by atoms with E-state index >= 15 is 0 Å². The molecule has 33 heavy (non-hydrogen) atoms. The molecule has 2 aliphatic rings. The van der Waals surface area contributed by atoms with Gasteiger partial charge in [-0.15, -0.1) is 0 Å². The summed E-state index contributed by atoms with van der Waals surface area (Å²) >= 11 is 12.0. The second-order valence-electron chi connectivity index (χ2n) is 8.67. The van der Waals surface area contributed by atoms with Crippen LogP contribution in [-0.2, 0) is 20.6 Å². The number of fused-ring (bicyclic) bond motifs is 1. The van der Waals surface area contributed by atoms with Gasteiger partial charge in [0.2, 0.25) is 5.95 Å². The molecule has 1 N–H and O–H groups in total. The largest absolute Gasteiger partial charge is 0.360 e. The van der Waals surface area contributed by atoms with Gasteiger partial charge in [-0.05, 0) is 36.7 Å². The molecule has 1 aliphatic carbocycles. The van der Waals surface area contributed by atoms with Gasteiger partial charge in [0.25, 0.3) is 5.56 Å². The van der Waals surface area contributed by atoms with E-state index in [0.29, 0.717) is 47.8 Å². The Balaban J connectivity index is 1.54. The van der Waals surface area contributed by atoms with Gasteiger partial charge in [-0.25, -0.2) is 4.79 Å². The summed E-state index contributed by atoms with van der Waals surface area (Å²) in [5, 5.41) is 4.82. The van der Waals surface area contributed by atoms with E-state index in [2.05, 4.69) is 15.1 Å². The third kappa shape index (κ3) is 4.02. The molecule has 1 aliphatic heterocycles. The lowest BCUT2D eigenvalue weighted by molar-refractivity contribution is 0.376. The van der Waals surface area contributed by atoms with E-state index in [4.69, 9.17) is 28.8 Å². The molecule has 1 saturated heterocycles. The Morgan fingerprint density at radius 2 is 1.82 bits per heavy atom. The van der Waals surface area contributed by atoms with Gasteiger partial charge in [-0.2, -0.15) is 4.98 Å². The fourth-order valence-corrected chi connectivity index (χ4v) is 4.77. The van der Waals surface area contributed by atoms with Crippen molar-refractivity contribution in [3.63, 3.8) is 0 Å². The highest BCUT2D eigenvalue weighted by Crippen LogP contribution is 2.25. The van der Waals surface area contributed by atoms with Crippen molar-refractivity contribution in [2.75, 3.05) is 31.1 Å². The fraction of sp³-hybridized carbons (Fsp3) is 0.455. The Morgan fingerprint density at radius 3 is 2.48 bits per heavy atom. The molecule has 0 bridgehead atoms. The summed E-state index contributed by atoms with van der Waals surface area (Å²) in [5.41, 5.74) is 0.876. The topological polar surface area (TPSA) is 80.3 Å². The Morgan fingerprint density at radius 1 is 1.12 bits per heavy atom. The second kappa shape index (κ2) is 8.49. The molecule has 0 radical (unpaired) electrons. The predicted molar refractivity (Wildman–Crippen MR) is 133 cm³/mol. The number of piperazine rings is 1. The maximum atomic E-state index is 13.1. The monoisotopic (exact) mass is 487 g/mol. The van der Waals surface area contributed by atoms with Gasteiger partial charge in [-0.3, -0.25) is 18.5 Å². The molecule has 174 valence electrons. The first-order chi connectivity index (χ1) is 15.8. The molecule has 9 nitrogen and oxygen atoms in total. The van der Waals surface area contributed by atoms with Crippen molar-refractivity contribution in [2.24, 2.45) is 14.1 Å². The minimum atomic E-state index is -0.400. The maximum absolute atomic E-state index is 13.1. The standard InChI is InChI=1S/C22H26ClN7O2S/c1-26-18-17(19(31)27(2)22(26)32)30(13-14-5-3-4-6-16(14)23)20(25-18)28-9-11-29(12-10-28)21(33)24-15-7-8-15/h3-6,15H,7-13H2,1-2H3,(H,24,33). The lowest BCUT2D eigenvalue weighted by Gasteiger charge is -2.37. The van der Waals surface area contributed by atoms with E-state index in [0.717, 1.165) is 28.3 Å². The summed E-state index contributed by atoms with van der Waals surface area (Å²) in [6.45, 7) is 3.29. The molecule has 5 rings (SSSR count). The van der Waals surface area contributed by atoms with Gasteiger partial charge in [0.15, 0.2) is 16.3 Å². The van der Waals surface area contributed by atoms with E-state index in [1.807, 2.05) is 28.8 Å². The van der Waals surface area contributed by atoms with E-state index in [9.17, 15) is 9.59 Å². The van der Waals surface area contributed by atoms with Crippen LogP contribution in [0.5, 0.6) is 0 Å². The van der Waals surface area contributed by atoms with Crippen molar-refractivity contribution in [1.82, 2.24) is 28.9 Å². The number of benzene rings is 1. The number of halogens is 1. The van der Waals surface area contributed by atoms with Gasteiger partial charge in [-0.1, -0.05) is 29.8 Å². The van der Waals surface area contributed by atoms with Crippen LogP contribution >= 0.6 is 23.8 Å². The van der Waals surface area contributed by atoms with Crippen LogP contribution < -0.4 is 21.5 Å². The average Bonchev–Trinajstić information content (AvgIpc) is 3.56. The van der Waals surface area contributed by atoms with Crippen LogP contribution in [0.15, 0.2) is 33.9 Å². The van der Waals surface area contributed by atoms with E-state index < -0.39 is 5.69 Å². The van der Waals surface area contributed by atoms with Crippen LogP contribution in [0.3, 0.4) is 0 Å². The Hall–Kier alpha value is -2.85. The number of aryl methyl sites for hydroxylation is 1. The summed E-state index contributed by atoms with van der Waals surface area (Å²) in [6.07, 6.45) is 2.36. The Bertz CT molecular complexity index is 1350. The van der Waals surface area contributed by atoms with E-state index in [-0.39, 0.29) is 5.56 Å². The molecule has 0 amide bonds. The van der Waals surface area contributed by atoms with Gasteiger partial charge in [0, 0.05) is 51.3 Å². The summed E-state index contributed by atoms with van der Waals surface area (Å²) < 4.78 is 4.43. The SMILES string of the molecule is Cn1c(=O)c2c(nc(N3CCN(C(=S)NC4CC4)CC3)n2Cc2ccccc2Cl)n(C)c1=O. The first kappa shape index (κ1) is 22.0. The van der Waals surface area contributed by atoms with Crippen LogP contribution in [0.2, 0.25) is 5.02 Å². The van der Waals surface area contributed by atoms with Crippen molar-refractivity contribution >= 4 is 46.0 Å². The van der Waals surface area contributed by atoms with E-state index in [1.54, 1.807) is 7.05 Å². The zero-order valence-electron chi connectivity index (χ0n) is 18.6. The van der Waals surface area contributed by atoms with Crippen molar-refractivity contribution in [1.29, 1.82) is 0 Å². The Kier molecular flexibility index (Phi) is 5.65. The molecule has 2 aromatic heterocycles. The smallest absolute Gasteiger partial charge is 0.332 e. The van der Waals surface area contributed by atoms with E-state index in [1.165, 1.54) is 24.5 Å². The summed E-state index contributed by atoms with van der Waals surface area (Å²) in [6, 6.07) is 8.08.